The van der Waals surface area contributed by atoms with E-state index in [0.717, 1.165) is 16.6 Å². The second-order valence-corrected chi connectivity index (χ2v) is 8.65. The van der Waals surface area contributed by atoms with Gasteiger partial charge in [0.05, 0.1) is 3.79 Å². The van der Waals surface area contributed by atoms with E-state index in [1.165, 1.54) is 11.3 Å². The highest BCUT2D eigenvalue weighted by Gasteiger charge is 2.29. The van der Waals surface area contributed by atoms with Crippen molar-refractivity contribution in [1.29, 1.82) is 0 Å². The molecule has 2 heterocycles. The summed E-state index contributed by atoms with van der Waals surface area (Å²) in [6.07, 6.45) is 1.75. The zero-order chi connectivity index (χ0) is 12.5. The summed E-state index contributed by atoms with van der Waals surface area (Å²) in [5.41, 5.74) is 0. The Labute approximate surface area is 126 Å². The SMILES string of the molecule is CNC1CCN(S(=O)(=O)c2ccc(Br)s2)CC1.Cl. The highest BCUT2D eigenvalue weighted by molar-refractivity contribution is 9.11. The summed E-state index contributed by atoms with van der Waals surface area (Å²) in [6.45, 7) is 1.20. The van der Waals surface area contributed by atoms with Gasteiger partial charge in [-0.2, -0.15) is 4.31 Å². The van der Waals surface area contributed by atoms with Crippen LogP contribution in [0.1, 0.15) is 12.8 Å². The highest BCUT2D eigenvalue weighted by Crippen LogP contribution is 2.29. The Kier molecular flexibility index (Phi) is 6.08. The number of sulfonamides is 1. The summed E-state index contributed by atoms with van der Waals surface area (Å²) in [7, 11) is -1.36. The summed E-state index contributed by atoms with van der Waals surface area (Å²) >= 11 is 4.56. The maximum atomic E-state index is 12.3. The predicted octanol–water partition coefficient (Wildman–Crippen LogP) is 2.30. The summed E-state index contributed by atoms with van der Waals surface area (Å²) in [5.74, 6) is 0. The molecule has 1 aromatic rings. The van der Waals surface area contributed by atoms with Crippen LogP contribution in [0.25, 0.3) is 0 Å². The molecular weight excluding hydrogens is 360 g/mol. The van der Waals surface area contributed by atoms with Gasteiger partial charge in [-0.3, -0.25) is 0 Å². The third-order valence-electron chi connectivity index (χ3n) is 3.00. The van der Waals surface area contributed by atoms with Gasteiger partial charge in [-0.05, 0) is 48.0 Å². The molecule has 0 spiro atoms. The molecule has 2 rings (SSSR count). The van der Waals surface area contributed by atoms with Crippen molar-refractivity contribution in [3.05, 3.63) is 15.9 Å². The molecule has 18 heavy (non-hydrogen) atoms. The van der Waals surface area contributed by atoms with Gasteiger partial charge in [0.15, 0.2) is 0 Å². The smallest absolute Gasteiger partial charge is 0.252 e. The maximum absolute atomic E-state index is 12.3. The Morgan fingerprint density at radius 2 is 2.00 bits per heavy atom. The fourth-order valence-electron chi connectivity index (χ4n) is 1.95. The lowest BCUT2D eigenvalue weighted by molar-refractivity contribution is 0.299. The molecule has 1 aliphatic rings. The van der Waals surface area contributed by atoms with Gasteiger partial charge in [0, 0.05) is 19.1 Å². The highest BCUT2D eigenvalue weighted by atomic mass is 79.9. The molecule has 4 nitrogen and oxygen atoms in total. The van der Waals surface area contributed by atoms with E-state index in [1.807, 2.05) is 7.05 Å². The zero-order valence-electron chi connectivity index (χ0n) is 9.93. The van der Waals surface area contributed by atoms with Crippen molar-refractivity contribution in [2.24, 2.45) is 0 Å². The Hall–Kier alpha value is 0.340. The fraction of sp³-hybridized carbons (Fsp3) is 0.600. The molecule has 0 saturated carbocycles. The molecule has 0 amide bonds. The van der Waals surface area contributed by atoms with E-state index in [-0.39, 0.29) is 12.4 Å². The second-order valence-electron chi connectivity index (χ2n) is 4.03. The molecule has 0 aliphatic carbocycles. The molecule has 0 atom stereocenters. The van der Waals surface area contributed by atoms with Gasteiger partial charge in [0.25, 0.3) is 10.0 Å². The predicted molar refractivity (Wildman–Crippen MR) is 80.1 cm³/mol. The Bertz CT molecular complexity index is 484. The minimum Gasteiger partial charge on any atom is -0.317 e. The summed E-state index contributed by atoms with van der Waals surface area (Å²) in [5, 5.41) is 3.19. The average molecular weight is 376 g/mol. The molecular formula is C10H16BrClN2O2S2. The third kappa shape index (κ3) is 3.46. The van der Waals surface area contributed by atoms with E-state index in [4.69, 9.17) is 0 Å². The van der Waals surface area contributed by atoms with Crippen molar-refractivity contribution in [3.63, 3.8) is 0 Å². The van der Waals surface area contributed by atoms with Crippen LogP contribution >= 0.6 is 39.7 Å². The standard InChI is InChI=1S/C10H15BrN2O2S2.ClH/c1-12-8-4-6-13(7-5-8)17(14,15)10-3-2-9(11)16-10;/h2-3,8,12H,4-7H2,1H3;1H. The Morgan fingerprint density at radius 1 is 1.39 bits per heavy atom. The number of thiophene rings is 1. The van der Waals surface area contributed by atoms with Crippen LogP contribution in [-0.2, 0) is 10.0 Å². The van der Waals surface area contributed by atoms with Crippen molar-refractivity contribution >= 4 is 49.7 Å². The van der Waals surface area contributed by atoms with Crippen molar-refractivity contribution in [2.45, 2.75) is 23.1 Å². The van der Waals surface area contributed by atoms with Gasteiger partial charge in [-0.25, -0.2) is 8.42 Å². The van der Waals surface area contributed by atoms with Crippen LogP contribution in [0.2, 0.25) is 0 Å². The summed E-state index contributed by atoms with van der Waals surface area (Å²) < 4.78 is 27.4. The van der Waals surface area contributed by atoms with Crippen molar-refractivity contribution in [1.82, 2.24) is 9.62 Å². The van der Waals surface area contributed by atoms with E-state index in [2.05, 4.69) is 21.2 Å². The van der Waals surface area contributed by atoms with Crippen LogP contribution in [-0.4, -0.2) is 38.9 Å². The van der Waals surface area contributed by atoms with Gasteiger partial charge in [-0.15, -0.1) is 23.7 Å². The lowest BCUT2D eigenvalue weighted by Crippen LogP contribution is -2.43. The minimum absolute atomic E-state index is 0. The fourth-order valence-corrected chi connectivity index (χ4v) is 5.58. The van der Waals surface area contributed by atoms with Crippen LogP contribution in [0.5, 0.6) is 0 Å². The Morgan fingerprint density at radius 3 is 2.44 bits per heavy atom. The quantitative estimate of drug-likeness (QED) is 0.882. The number of hydrogen-bond acceptors (Lipinski definition) is 4. The zero-order valence-corrected chi connectivity index (χ0v) is 14.0. The molecule has 0 aromatic carbocycles. The molecule has 1 N–H and O–H groups in total. The van der Waals surface area contributed by atoms with Crippen LogP contribution in [0, 0.1) is 0 Å². The normalized spacial score (nSPS) is 18.6. The van der Waals surface area contributed by atoms with Crippen molar-refractivity contribution < 1.29 is 8.42 Å². The first-order valence-corrected chi connectivity index (χ1v) is 8.52. The van der Waals surface area contributed by atoms with E-state index in [1.54, 1.807) is 16.4 Å². The summed E-state index contributed by atoms with van der Waals surface area (Å²) in [4.78, 5) is 0. The molecule has 1 aliphatic heterocycles. The van der Waals surface area contributed by atoms with Gasteiger partial charge < -0.3 is 5.32 Å². The van der Waals surface area contributed by atoms with E-state index in [9.17, 15) is 8.42 Å². The van der Waals surface area contributed by atoms with Gasteiger partial charge in [-0.1, -0.05) is 0 Å². The molecule has 0 bridgehead atoms. The van der Waals surface area contributed by atoms with Gasteiger partial charge >= 0.3 is 0 Å². The number of hydrogen-bond donors (Lipinski definition) is 1. The van der Waals surface area contributed by atoms with Crippen LogP contribution in [0.3, 0.4) is 0 Å². The number of halogens is 2. The largest absolute Gasteiger partial charge is 0.317 e. The van der Waals surface area contributed by atoms with E-state index in [0.29, 0.717) is 23.3 Å². The van der Waals surface area contributed by atoms with E-state index >= 15 is 0 Å². The average Bonchev–Trinajstić information content (AvgIpc) is 2.77. The lowest BCUT2D eigenvalue weighted by atomic mass is 10.1. The Balaban J connectivity index is 0.00000162. The molecule has 0 unspecified atom stereocenters. The van der Waals surface area contributed by atoms with Crippen LogP contribution in [0.4, 0.5) is 0 Å². The van der Waals surface area contributed by atoms with Crippen LogP contribution < -0.4 is 5.32 Å². The number of nitrogens with one attached hydrogen (secondary N) is 1. The molecule has 8 heteroatoms. The monoisotopic (exact) mass is 374 g/mol. The molecule has 0 radical (unpaired) electrons. The molecule has 104 valence electrons. The number of piperidine rings is 1. The first kappa shape index (κ1) is 16.4. The third-order valence-corrected chi connectivity index (χ3v) is 6.99. The number of nitrogens with zero attached hydrogens (tertiary/aromatic N) is 1. The first-order valence-electron chi connectivity index (χ1n) is 5.47. The van der Waals surface area contributed by atoms with E-state index < -0.39 is 10.0 Å². The maximum Gasteiger partial charge on any atom is 0.252 e. The molecule has 1 aromatic heterocycles. The first-order chi connectivity index (χ1) is 8.04. The summed E-state index contributed by atoms with van der Waals surface area (Å²) in [6, 6.07) is 3.88. The topological polar surface area (TPSA) is 49.4 Å². The minimum atomic E-state index is -3.28. The molecule has 1 fully saturated rings. The van der Waals surface area contributed by atoms with Crippen LogP contribution in [0.15, 0.2) is 20.1 Å². The lowest BCUT2D eigenvalue weighted by Gasteiger charge is -2.30. The molecule has 1 saturated heterocycles. The van der Waals surface area contributed by atoms with Gasteiger partial charge in [0.2, 0.25) is 0 Å². The second kappa shape index (κ2) is 6.67. The van der Waals surface area contributed by atoms with Crippen molar-refractivity contribution in [3.8, 4) is 0 Å². The van der Waals surface area contributed by atoms with Gasteiger partial charge in [0.1, 0.15) is 4.21 Å². The number of rotatable bonds is 3. The van der Waals surface area contributed by atoms with Crippen molar-refractivity contribution in [2.75, 3.05) is 20.1 Å².